The molecular weight excluding hydrogens is 235 g/mol. The van der Waals surface area contributed by atoms with E-state index in [-0.39, 0.29) is 5.82 Å². The van der Waals surface area contributed by atoms with Gasteiger partial charge in [-0.25, -0.2) is 4.39 Å². The minimum atomic E-state index is -0.250. The van der Waals surface area contributed by atoms with E-state index in [9.17, 15) is 4.39 Å². The Morgan fingerprint density at radius 2 is 1.71 bits per heavy atom. The highest BCUT2D eigenvalue weighted by atomic mass is 32.1. The molecule has 17 heavy (non-hydrogen) atoms. The first-order valence-electron chi connectivity index (χ1n) is 5.21. The Hall–Kier alpha value is -1.94. The van der Waals surface area contributed by atoms with Crippen molar-refractivity contribution in [3.63, 3.8) is 0 Å². The average Bonchev–Trinajstić information content (AvgIpc) is 2.66. The van der Waals surface area contributed by atoms with Crippen molar-refractivity contribution >= 4 is 23.3 Å². The SMILES string of the molecule is Fc1ccc(-n2c(=S)[nH]c3ccccc32)cc1. The van der Waals surface area contributed by atoms with Gasteiger partial charge in [-0.15, -0.1) is 0 Å². The maximum absolute atomic E-state index is 12.9. The number of nitrogens with zero attached hydrogens (tertiary/aromatic N) is 1. The molecule has 0 spiro atoms. The zero-order chi connectivity index (χ0) is 11.8. The highest BCUT2D eigenvalue weighted by Crippen LogP contribution is 2.19. The van der Waals surface area contributed by atoms with Crippen LogP contribution < -0.4 is 0 Å². The minimum absolute atomic E-state index is 0.250. The Morgan fingerprint density at radius 1 is 1.00 bits per heavy atom. The Balaban J connectivity index is 2.33. The van der Waals surface area contributed by atoms with E-state index in [0.29, 0.717) is 4.77 Å². The molecule has 1 aromatic heterocycles. The molecule has 0 saturated heterocycles. The molecule has 0 radical (unpaired) electrons. The number of hydrogen-bond acceptors (Lipinski definition) is 1. The second-order valence-corrected chi connectivity index (χ2v) is 4.15. The van der Waals surface area contributed by atoms with E-state index in [2.05, 4.69) is 4.98 Å². The van der Waals surface area contributed by atoms with Crippen molar-refractivity contribution in [1.82, 2.24) is 9.55 Å². The molecule has 1 N–H and O–H groups in total. The molecule has 0 aliphatic heterocycles. The number of para-hydroxylation sites is 2. The lowest BCUT2D eigenvalue weighted by molar-refractivity contribution is 0.627. The maximum Gasteiger partial charge on any atom is 0.182 e. The summed E-state index contributed by atoms with van der Waals surface area (Å²) in [5.74, 6) is -0.250. The number of imidazole rings is 1. The van der Waals surface area contributed by atoms with Gasteiger partial charge in [0.15, 0.2) is 4.77 Å². The van der Waals surface area contributed by atoms with Crippen molar-refractivity contribution < 1.29 is 4.39 Å². The van der Waals surface area contributed by atoms with Crippen LogP contribution in [0.4, 0.5) is 4.39 Å². The molecule has 84 valence electrons. The zero-order valence-corrected chi connectivity index (χ0v) is 9.67. The number of fused-ring (bicyclic) bond motifs is 1. The van der Waals surface area contributed by atoms with Gasteiger partial charge >= 0.3 is 0 Å². The Kier molecular flexibility index (Phi) is 2.30. The summed E-state index contributed by atoms with van der Waals surface area (Å²) in [6.45, 7) is 0. The molecule has 0 aliphatic rings. The van der Waals surface area contributed by atoms with E-state index in [1.807, 2.05) is 28.8 Å². The van der Waals surface area contributed by atoms with E-state index >= 15 is 0 Å². The summed E-state index contributed by atoms with van der Waals surface area (Å²) >= 11 is 5.28. The van der Waals surface area contributed by atoms with Crippen LogP contribution in [0.15, 0.2) is 48.5 Å². The molecule has 0 unspecified atom stereocenters. The van der Waals surface area contributed by atoms with Gasteiger partial charge in [0, 0.05) is 5.69 Å². The lowest BCUT2D eigenvalue weighted by Crippen LogP contribution is -1.93. The fraction of sp³-hybridized carbons (Fsp3) is 0. The highest BCUT2D eigenvalue weighted by Gasteiger charge is 2.05. The van der Waals surface area contributed by atoms with Crippen LogP contribution in [0.1, 0.15) is 0 Å². The lowest BCUT2D eigenvalue weighted by atomic mass is 10.3. The number of benzene rings is 2. The van der Waals surface area contributed by atoms with Crippen molar-refractivity contribution in [2.75, 3.05) is 0 Å². The van der Waals surface area contributed by atoms with Gasteiger partial charge in [-0.1, -0.05) is 12.1 Å². The van der Waals surface area contributed by atoms with Crippen molar-refractivity contribution in [3.8, 4) is 5.69 Å². The van der Waals surface area contributed by atoms with Crippen molar-refractivity contribution in [3.05, 3.63) is 59.1 Å². The monoisotopic (exact) mass is 244 g/mol. The first kappa shape index (κ1) is 10.2. The molecular formula is C13H9FN2S. The van der Waals surface area contributed by atoms with Gasteiger partial charge in [0.05, 0.1) is 11.0 Å². The van der Waals surface area contributed by atoms with Gasteiger partial charge in [0.1, 0.15) is 5.82 Å². The number of rotatable bonds is 1. The summed E-state index contributed by atoms with van der Waals surface area (Å²) in [4.78, 5) is 3.12. The molecule has 0 aliphatic carbocycles. The van der Waals surface area contributed by atoms with E-state index in [1.165, 1.54) is 12.1 Å². The smallest absolute Gasteiger partial charge is 0.182 e. The van der Waals surface area contributed by atoms with E-state index < -0.39 is 0 Å². The Morgan fingerprint density at radius 3 is 2.47 bits per heavy atom. The summed E-state index contributed by atoms with van der Waals surface area (Å²) in [5.41, 5.74) is 2.82. The summed E-state index contributed by atoms with van der Waals surface area (Å²) < 4.78 is 15.4. The average molecular weight is 244 g/mol. The number of hydrogen-bond donors (Lipinski definition) is 1. The van der Waals surface area contributed by atoms with Crippen LogP contribution in [0, 0.1) is 10.6 Å². The fourth-order valence-electron chi connectivity index (χ4n) is 1.90. The van der Waals surface area contributed by atoms with Crippen molar-refractivity contribution in [2.24, 2.45) is 0 Å². The Bertz CT molecular complexity index is 725. The molecule has 2 nitrogen and oxygen atoms in total. The molecule has 0 fully saturated rings. The number of halogens is 1. The van der Waals surface area contributed by atoms with Gasteiger partial charge in [-0.05, 0) is 48.6 Å². The second kappa shape index (κ2) is 3.82. The fourth-order valence-corrected chi connectivity index (χ4v) is 2.22. The molecule has 2 aromatic carbocycles. The Labute approximate surface area is 102 Å². The molecule has 0 bridgehead atoms. The largest absolute Gasteiger partial charge is 0.330 e. The first-order valence-corrected chi connectivity index (χ1v) is 5.62. The minimum Gasteiger partial charge on any atom is -0.330 e. The number of nitrogens with one attached hydrogen (secondary N) is 1. The second-order valence-electron chi connectivity index (χ2n) is 3.76. The molecule has 4 heteroatoms. The lowest BCUT2D eigenvalue weighted by Gasteiger charge is -2.03. The number of H-pyrrole nitrogens is 1. The molecule has 3 rings (SSSR count). The number of aromatic nitrogens is 2. The third-order valence-electron chi connectivity index (χ3n) is 2.67. The molecule has 0 saturated carbocycles. The quantitative estimate of drug-likeness (QED) is 0.645. The standard InChI is InChI=1S/C13H9FN2S/c14-9-5-7-10(8-6-9)16-12-4-2-1-3-11(12)15-13(16)17/h1-8H,(H,15,17). The molecule has 1 heterocycles. The van der Waals surface area contributed by atoms with Crippen molar-refractivity contribution in [1.29, 1.82) is 0 Å². The summed E-state index contributed by atoms with van der Waals surface area (Å²) in [7, 11) is 0. The van der Waals surface area contributed by atoms with Crippen LogP contribution in [0.5, 0.6) is 0 Å². The normalized spacial score (nSPS) is 10.9. The van der Waals surface area contributed by atoms with E-state index in [1.54, 1.807) is 12.1 Å². The first-order chi connectivity index (χ1) is 8.25. The van der Waals surface area contributed by atoms with Gasteiger partial charge in [-0.3, -0.25) is 4.57 Å². The summed E-state index contributed by atoms with van der Waals surface area (Å²) in [6, 6.07) is 14.1. The van der Waals surface area contributed by atoms with E-state index in [0.717, 1.165) is 16.7 Å². The van der Waals surface area contributed by atoms with Crippen LogP contribution >= 0.6 is 12.2 Å². The van der Waals surface area contributed by atoms with Gasteiger partial charge < -0.3 is 4.98 Å². The van der Waals surface area contributed by atoms with Crippen LogP contribution in [0.2, 0.25) is 0 Å². The van der Waals surface area contributed by atoms with Crippen LogP contribution in [-0.2, 0) is 0 Å². The maximum atomic E-state index is 12.9. The highest BCUT2D eigenvalue weighted by molar-refractivity contribution is 7.71. The number of aromatic amines is 1. The third kappa shape index (κ3) is 1.66. The van der Waals surface area contributed by atoms with Gasteiger partial charge in [0.2, 0.25) is 0 Å². The topological polar surface area (TPSA) is 20.7 Å². The van der Waals surface area contributed by atoms with Crippen molar-refractivity contribution in [2.45, 2.75) is 0 Å². The van der Waals surface area contributed by atoms with E-state index in [4.69, 9.17) is 12.2 Å². The van der Waals surface area contributed by atoms with Crippen LogP contribution in [0.3, 0.4) is 0 Å². The zero-order valence-electron chi connectivity index (χ0n) is 8.85. The predicted octanol–water partition coefficient (Wildman–Crippen LogP) is 3.83. The predicted molar refractivity (Wildman–Crippen MR) is 68.4 cm³/mol. The molecule has 0 atom stereocenters. The molecule has 3 aromatic rings. The molecule has 0 amide bonds. The van der Waals surface area contributed by atoms with Crippen LogP contribution in [0.25, 0.3) is 16.7 Å². The summed E-state index contributed by atoms with van der Waals surface area (Å²) in [5, 5.41) is 0. The van der Waals surface area contributed by atoms with Gasteiger partial charge in [0.25, 0.3) is 0 Å². The van der Waals surface area contributed by atoms with Gasteiger partial charge in [-0.2, -0.15) is 0 Å². The summed E-state index contributed by atoms with van der Waals surface area (Å²) in [6.07, 6.45) is 0. The van der Waals surface area contributed by atoms with Crippen LogP contribution in [-0.4, -0.2) is 9.55 Å². The third-order valence-corrected chi connectivity index (χ3v) is 2.96.